The van der Waals surface area contributed by atoms with Gasteiger partial charge >= 0.3 is 6.98 Å². The third kappa shape index (κ3) is 7.26. The Morgan fingerprint density at radius 3 is 1.40 bits per heavy atom. The molecule has 15 rings (SSSR count). The van der Waals surface area contributed by atoms with Gasteiger partial charge in [-0.05, 0) is 132 Å². The van der Waals surface area contributed by atoms with Crippen molar-refractivity contribution < 1.29 is 0 Å². The number of nitrogens with zero attached hydrogens (tertiary/aromatic N) is 2. The van der Waals surface area contributed by atoms with Crippen LogP contribution in [0, 0.1) is 0 Å². The summed E-state index contributed by atoms with van der Waals surface area (Å²) < 4.78 is 0. The molecule has 0 spiro atoms. The fraction of sp³-hybridized carbons (Fsp3) is 0.0400. The van der Waals surface area contributed by atoms with Gasteiger partial charge in [-0.2, -0.15) is 0 Å². The summed E-state index contributed by atoms with van der Waals surface area (Å²) in [5.41, 5.74) is 27.3. The minimum absolute atomic E-state index is 0.0762. The third-order valence-corrected chi connectivity index (χ3v) is 17.0. The number of benzene rings is 12. The molecular formula is C75H53BN2. The van der Waals surface area contributed by atoms with Crippen LogP contribution in [0.3, 0.4) is 0 Å². The summed E-state index contributed by atoms with van der Waals surface area (Å²) in [6.07, 6.45) is 0.831. The Morgan fingerprint density at radius 1 is 0.321 bits per heavy atom. The van der Waals surface area contributed by atoms with Gasteiger partial charge in [-0.25, -0.2) is 0 Å². The molecule has 1 atom stereocenters. The SMILES string of the molecule is c1ccc(-c2cccc(C(Cc3cccc4c3-c3ccccc3C4(c3ccccc3)c3ccccc3)c3ccc(-c4ccc(N5B6c7c(cccc7-c7ccccc75)-c5ccccc5N6c5ccccc5)cc4)cc3)c2)cc1. The maximum atomic E-state index is 2.56. The highest BCUT2D eigenvalue weighted by Gasteiger charge is 2.48. The second-order valence-electron chi connectivity index (χ2n) is 21.0. The molecule has 0 saturated heterocycles. The summed E-state index contributed by atoms with van der Waals surface area (Å²) >= 11 is 0. The van der Waals surface area contributed by atoms with Crippen molar-refractivity contribution in [3.8, 4) is 55.6 Å². The van der Waals surface area contributed by atoms with Crippen LogP contribution >= 0.6 is 0 Å². The lowest BCUT2D eigenvalue weighted by Gasteiger charge is -2.47. The van der Waals surface area contributed by atoms with Gasteiger partial charge in [-0.1, -0.05) is 267 Å². The Hall–Kier alpha value is -9.70. The largest absolute Gasteiger partial charge is 0.421 e. The summed E-state index contributed by atoms with van der Waals surface area (Å²) in [5, 5.41) is 0. The normalized spacial score (nSPS) is 13.7. The Balaban J connectivity index is 0.827. The van der Waals surface area contributed by atoms with E-state index in [0.29, 0.717) is 0 Å². The van der Waals surface area contributed by atoms with Gasteiger partial charge in [0.15, 0.2) is 0 Å². The monoisotopic (exact) mass is 992 g/mol. The summed E-state index contributed by atoms with van der Waals surface area (Å²) in [6.45, 7) is -0.113. The Morgan fingerprint density at radius 2 is 0.769 bits per heavy atom. The zero-order chi connectivity index (χ0) is 51.6. The first-order chi connectivity index (χ1) is 38.7. The smallest absolute Gasteiger partial charge is 0.361 e. The fourth-order valence-corrected chi connectivity index (χ4v) is 13.6. The number of hydrogen-bond acceptors (Lipinski definition) is 2. The average Bonchev–Trinajstić information content (AvgIpc) is 4.03. The first-order valence-corrected chi connectivity index (χ1v) is 27.4. The molecule has 0 saturated carbocycles. The highest BCUT2D eigenvalue weighted by Crippen LogP contribution is 2.58. The molecule has 1 unspecified atom stereocenters. The molecule has 12 aromatic rings. The van der Waals surface area contributed by atoms with E-state index in [2.05, 4.69) is 313 Å². The van der Waals surface area contributed by atoms with Crippen LogP contribution in [0.25, 0.3) is 55.6 Å². The van der Waals surface area contributed by atoms with Crippen molar-refractivity contribution in [2.75, 3.05) is 9.62 Å². The van der Waals surface area contributed by atoms with E-state index in [9.17, 15) is 0 Å². The highest BCUT2D eigenvalue weighted by atomic mass is 15.2. The molecule has 3 aliphatic rings. The second kappa shape index (κ2) is 18.8. The third-order valence-electron chi connectivity index (χ3n) is 17.0. The van der Waals surface area contributed by atoms with E-state index in [1.54, 1.807) is 0 Å². The van der Waals surface area contributed by atoms with Gasteiger partial charge in [0.1, 0.15) is 0 Å². The maximum Gasteiger partial charge on any atom is 0.421 e. The molecule has 0 aromatic heterocycles. The van der Waals surface area contributed by atoms with E-state index in [1.165, 1.54) is 111 Å². The van der Waals surface area contributed by atoms with Crippen LogP contribution in [0.5, 0.6) is 0 Å². The summed E-state index contributed by atoms with van der Waals surface area (Å²) in [5.74, 6) is 0.0762. The van der Waals surface area contributed by atoms with Crippen molar-refractivity contribution in [3.05, 3.63) is 342 Å². The molecule has 78 heavy (non-hydrogen) atoms. The van der Waals surface area contributed by atoms with E-state index in [-0.39, 0.29) is 12.9 Å². The average molecular weight is 993 g/mol. The predicted octanol–water partition coefficient (Wildman–Crippen LogP) is 18.1. The van der Waals surface area contributed by atoms with Gasteiger partial charge in [-0.3, -0.25) is 0 Å². The number of rotatable bonds is 10. The maximum absolute atomic E-state index is 2.56. The van der Waals surface area contributed by atoms with E-state index in [4.69, 9.17) is 0 Å². The molecule has 0 amide bonds. The van der Waals surface area contributed by atoms with Gasteiger partial charge in [0.25, 0.3) is 0 Å². The fourth-order valence-electron chi connectivity index (χ4n) is 13.6. The Kier molecular flexibility index (Phi) is 11.0. The van der Waals surface area contributed by atoms with Crippen LogP contribution in [0.2, 0.25) is 0 Å². The van der Waals surface area contributed by atoms with Crippen molar-refractivity contribution >= 4 is 35.2 Å². The molecule has 3 heteroatoms. The summed E-state index contributed by atoms with van der Waals surface area (Å²) in [7, 11) is 0. The summed E-state index contributed by atoms with van der Waals surface area (Å²) in [4.78, 5) is 5.11. The van der Waals surface area contributed by atoms with Gasteiger partial charge in [0.05, 0.1) is 5.41 Å². The number of anilines is 4. The van der Waals surface area contributed by atoms with Crippen LogP contribution in [0.15, 0.2) is 303 Å². The lowest BCUT2D eigenvalue weighted by Crippen LogP contribution is -2.61. The van der Waals surface area contributed by atoms with E-state index >= 15 is 0 Å². The molecule has 12 aromatic carbocycles. The molecule has 0 bridgehead atoms. The number of fused-ring (bicyclic) bond motifs is 7. The molecule has 1 aliphatic carbocycles. The van der Waals surface area contributed by atoms with E-state index in [1.807, 2.05) is 0 Å². The van der Waals surface area contributed by atoms with Crippen molar-refractivity contribution in [3.63, 3.8) is 0 Å². The van der Waals surface area contributed by atoms with Crippen LogP contribution in [-0.4, -0.2) is 6.98 Å². The van der Waals surface area contributed by atoms with Gasteiger partial charge < -0.3 is 9.62 Å². The lowest BCUT2D eigenvalue weighted by molar-refractivity contribution is 0.764. The zero-order valence-electron chi connectivity index (χ0n) is 43.1. The Labute approximate surface area is 458 Å². The number of para-hydroxylation sites is 3. The topological polar surface area (TPSA) is 6.48 Å². The summed E-state index contributed by atoms with van der Waals surface area (Å²) in [6, 6.07) is 113. The van der Waals surface area contributed by atoms with Crippen molar-refractivity contribution in [2.24, 2.45) is 0 Å². The molecule has 0 radical (unpaired) electrons. The van der Waals surface area contributed by atoms with E-state index in [0.717, 1.165) is 17.8 Å². The standard InChI is InChI=1S/C75H53BN2/c1-5-22-52(23-6-1)56-24-19-25-57(50-56)68(51-58-26-20-39-70-73(58)67-35-13-16-38-69(67)75(70,59-27-7-2-8-28-59)60-29-9-3-10-30-60)55-44-42-53(43-45-55)54-46-48-62(49-47-54)78-72-41-18-15-34-64(72)66-37-21-36-65-63-33-14-17-40-71(63)77(76(78)74(65)66)61-31-11-4-12-32-61/h1-50,68H,51H2. The molecule has 2 heterocycles. The van der Waals surface area contributed by atoms with E-state index < -0.39 is 5.41 Å². The number of hydrogen-bond donors (Lipinski definition) is 0. The quantitative estimate of drug-likeness (QED) is 0.126. The molecule has 2 aliphatic heterocycles. The minimum Gasteiger partial charge on any atom is -0.361 e. The van der Waals surface area contributed by atoms with Crippen LogP contribution in [0.1, 0.15) is 44.9 Å². The first-order valence-electron chi connectivity index (χ1n) is 27.4. The van der Waals surface area contributed by atoms with Gasteiger partial charge in [0.2, 0.25) is 0 Å². The highest BCUT2D eigenvalue weighted by molar-refractivity contribution is 6.86. The molecule has 2 nitrogen and oxygen atoms in total. The van der Waals surface area contributed by atoms with Crippen LogP contribution in [-0.2, 0) is 11.8 Å². The zero-order valence-corrected chi connectivity index (χ0v) is 43.1. The Bertz CT molecular complexity index is 4120. The van der Waals surface area contributed by atoms with Crippen LogP contribution < -0.4 is 15.1 Å². The van der Waals surface area contributed by atoms with Gasteiger partial charge in [0, 0.05) is 39.8 Å². The van der Waals surface area contributed by atoms with Crippen molar-refractivity contribution in [1.82, 2.24) is 0 Å². The molecule has 0 N–H and O–H groups in total. The lowest BCUT2D eigenvalue weighted by atomic mass is 9.53. The van der Waals surface area contributed by atoms with Crippen molar-refractivity contribution in [1.29, 1.82) is 0 Å². The first kappa shape index (κ1) is 45.7. The van der Waals surface area contributed by atoms with Crippen molar-refractivity contribution in [2.45, 2.75) is 17.8 Å². The molecule has 366 valence electrons. The van der Waals surface area contributed by atoms with Crippen LogP contribution in [0.4, 0.5) is 22.7 Å². The molecular weight excluding hydrogens is 940 g/mol. The molecule has 0 fully saturated rings. The van der Waals surface area contributed by atoms with Gasteiger partial charge in [-0.15, -0.1) is 0 Å². The second-order valence-corrected chi connectivity index (χ2v) is 21.0. The minimum atomic E-state index is -0.460. The predicted molar refractivity (Wildman–Crippen MR) is 326 cm³/mol.